The fraction of sp³-hybridized carbons (Fsp3) is 0.205. The van der Waals surface area contributed by atoms with E-state index < -0.39 is 47.0 Å². The Morgan fingerprint density at radius 1 is 0.627 bits per heavy atom. The molecule has 3 aromatic carbocycles. The first-order valence-corrected chi connectivity index (χ1v) is 18.9. The van der Waals surface area contributed by atoms with Crippen LogP contribution in [-0.4, -0.2) is 36.1 Å². The largest absolute Gasteiger partial charge is 0.513 e. The molecule has 0 saturated heterocycles. The van der Waals surface area contributed by atoms with Crippen LogP contribution in [0.1, 0.15) is 33.4 Å². The number of benzene rings is 3. The quantitative estimate of drug-likeness (QED) is 0.123. The first kappa shape index (κ1) is 49.9. The zero-order valence-corrected chi connectivity index (χ0v) is 37.4. The first-order valence-electron chi connectivity index (χ1n) is 18.9. The van der Waals surface area contributed by atoms with E-state index in [1.54, 1.807) is 42.5 Å². The number of hydrogen-bond donors (Lipinski definition) is 1. The van der Waals surface area contributed by atoms with E-state index in [2.05, 4.69) is 38.5 Å². The Bertz CT molecular complexity index is 2690. The van der Waals surface area contributed by atoms with Crippen LogP contribution in [0.2, 0.25) is 0 Å². The van der Waals surface area contributed by atoms with Crippen molar-refractivity contribution in [1.29, 1.82) is 0 Å². The van der Waals surface area contributed by atoms with E-state index in [0.717, 1.165) is 72.1 Å². The van der Waals surface area contributed by atoms with E-state index >= 15 is 0 Å². The average molecular weight is 1120 g/mol. The van der Waals surface area contributed by atoms with Crippen molar-refractivity contribution < 1.29 is 82.3 Å². The van der Waals surface area contributed by atoms with Crippen molar-refractivity contribution in [2.75, 3.05) is 46.1 Å². The summed E-state index contributed by atoms with van der Waals surface area (Å²) in [5.41, 5.74) is -0.0611. The van der Waals surface area contributed by atoms with Gasteiger partial charge < -0.3 is 34.4 Å². The molecule has 0 aliphatic carbocycles. The Hall–Kier alpha value is -6.48. The number of aryl methyl sites for hydroxylation is 2. The van der Waals surface area contributed by atoms with E-state index in [0.29, 0.717) is 22.9 Å². The second kappa shape index (κ2) is 18.7. The minimum Gasteiger partial charge on any atom is -0.513 e. The van der Waals surface area contributed by atoms with Crippen LogP contribution in [-0.2, 0) is 44.8 Å². The number of alkyl halides is 12. The van der Waals surface area contributed by atoms with Crippen molar-refractivity contribution in [2.45, 2.75) is 38.6 Å². The number of fused-ring (bicyclic) bond motifs is 2. The van der Waals surface area contributed by atoms with Crippen LogP contribution in [0.3, 0.4) is 0 Å². The molecule has 0 spiro atoms. The second-order valence-corrected chi connectivity index (χ2v) is 14.7. The third-order valence-electron chi connectivity index (χ3n) is 9.65. The molecule has 6 aromatic rings. The van der Waals surface area contributed by atoms with E-state index in [4.69, 9.17) is 9.47 Å². The number of nitrogens with one attached hydrogen (secondary N) is 1. The van der Waals surface area contributed by atoms with Crippen molar-refractivity contribution in [3.8, 4) is 23.3 Å². The van der Waals surface area contributed by atoms with Crippen LogP contribution < -0.4 is 34.4 Å². The number of halogens is 12. The standard InChI is InChI=1S/C23H17F6N6.C21H14F6N2O2.Ir/c1-12-4-13(2)18(35-11-33(3)19-6-15(23(27,28)29)9-31-21(19)35)7-17(12)34-10-32-16-5-14(22(24,25)26)8-30-20(16)34;1-29(2)15-11-18(30-16-7-3-5-13(9-16)20(22,23)24)28-19(12-15)31-17-8-4-6-14(10-17)21(25,26)27;/h4-6,8-11,32H,1-3H3;3-6,9-12H,1-2H3;/q-3;-2;. The number of anilines is 7. The third kappa shape index (κ3) is 11.2. The summed E-state index contributed by atoms with van der Waals surface area (Å²) in [6, 6.07) is 20.3. The molecule has 0 bridgehead atoms. The normalized spacial score (nSPS) is 13.5. The Balaban J connectivity index is 0.000000220. The molecule has 1 radical (unpaired) electrons. The molecule has 1 N–H and O–H groups in total. The van der Waals surface area contributed by atoms with Crippen molar-refractivity contribution in [1.82, 2.24) is 15.0 Å². The van der Waals surface area contributed by atoms with E-state index in [1.165, 1.54) is 23.7 Å². The monoisotopic (exact) mass is 1120 g/mol. The Kier molecular flexibility index (Phi) is 13.9. The van der Waals surface area contributed by atoms with Gasteiger partial charge >= 0.3 is 24.7 Å². The van der Waals surface area contributed by atoms with Gasteiger partial charge in [-0.3, -0.25) is 0 Å². The molecule has 0 saturated carbocycles. The molecule has 0 unspecified atom stereocenters. The molecule has 10 nitrogen and oxygen atoms in total. The Labute approximate surface area is 388 Å². The van der Waals surface area contributed by atoms with Crippen LogP contribution in [0.4, 0.5) is 92.8 Å². The van der Waals surface area contributed by atoms with Crippen LogP contribution in [0.25, 0.3) is 0 Å². The minimum absolute atomic E-state index is 0. The maximum absolute atomic E-state index is 13.2. The number of ether oxygens (including phenoxy) is 2. The Morgan fingerprint density at radius 3 is 1.60 bits per heavy atom. The smallest absolute Gasteiger partial charge is 0.417 e. The molecular formula is C44H31F12IrN8O2-5. The van der Waals surface area contributed by atoms with Gasteiger partial charge in [0.2, 0.25) is 11.8 Å². The summed E-state index contributed by atoms with van der Waals surface area (Å²) in [5.74, 6) is -0.188. The molecular weight excluding hydrogens is 1090 g/mol. The molecule has 5 heterocycles. The first-order chi connectivity index (χ1) is 30.8. The van der Waals surface area contributed by atoms with Gasteiger partial charge in [-0.25, -0.2) is 9.97 Å². The topological polar surface area (TPSA) is 82.1 Å². The summed E-state index contributed by atoms with van der Waals surface area (Å²) < 4.78 is 167. The summed E-state index contributed by atoms with van der Waals surface area (Å²) in [7, 11) is 4.97. The number of rotatable bonds is 7. The molecule has 2 aliphatic heterocycles. The fourth-order valence-electron chi connectivity index (χ4n) is 6.46. The molecule has 0 atom stereocenters. The molecule has 67 heavy (non-hydrogen) atoms. The van der Waals surface area contributed by atoms with Crippen LogP contribution in [0.5, 0.6) is 23.3 Å². The molecule has 8 rings (SSSR count). The van der Waals surface area contributed by atoms with Crippen LogP contribution >= 0.6 is 0 Å². The van der Waals surface area contributed by atoms with Gasteiger partial charge in [-0.05, 0) is 19.2 Å². The molecule has 0 amide bonds. The number of nitrogens with zero attached hydrogens (tertiary/aromatic N) is 7. The SMILES string of the molecule is CN(C)c1cc(Oc2[c-]ccc(C(F)(F)F)c2)nc(Oc2[c-]ccc(C(F)(F)F)c2)c1.Cc1cc(C)c(N2[CH-]N(C)c3cc(C(F)(F)F)cnc32)[c-]c1N1[CH-]Nc2cc(C(F)(F)F)cnc21.[Ir]. The van der Waals surface area contributed by atoms with Gasteiger partial charge in [0.05, 0.1) is 16.8 Å². The summed E-state index contributed by atoms with van der Waals surface area (Å²) in [5, 5.41) is 2.80. The van der Waals surface area contributed by atoms with Crippen molar-refractivity contribution in [3.05, 3.63) is 144 Å². The maximum Gasteiger partial charge on any atom is 0.417 e. The predicted octanol–water partition coefficient (Wildman–Crippen LogP) is 12.7. The van der Waals surface area contributed by atoms with Crippen molar-refractivity contribution >= 4 is 40.1 Å². The minimum atomic E-state index is -4.57. The zero-order valence-electron chi connectivity index (χ0n) is 35.0. The zero-order chi connectivity index (χ0) is 48.1. The van der Waals surface area contributed by atoms with Crippen molar-refractivity contribution in [3.63, 3.8) is 0 Å². The van der Waals surface area contributed by atoms with Gasteiger partial charge in [-0.2, -0.15) is 101 Å². The van der Waals surface area contributed by atoms with Gasteiger partial charge in [0.25, 0.3) is 0 Å². The third-order valence-corrected chi connectivity index (χ3v) is 9.65. The van der Waals surface area contributed by atoms with Gasteiger partial charge in [0.1, 0.15) is 11.6 Å². The van der Waals surface area contributed by atoms with E-state index in [-0.39, 0.29) is 60.6 Å². The van der Waals surface area contributed by atoms with E-state index in [1.807, 2.05) is 19.9 Å². The Morgan fingerprint density at radius 2 is 1.10 bits per heavy atom. The van der Waals surface area contributed by atoms with Gasteiger partial charge in [-0.1, -0.05) is 36.3 Å². The molecule has 0 fully saturated rings. The molecule has 2 aliphatic rings. The molecule has 357 valence electrons. The average Bonchev–Trinajstić information content (AvgIpc) is 3.80. The van der Waals surface area contributed by atoms with E-state index in [9.17, 15) is 52.7 Å². The number of aromatic nitrogens is 3. The summed E-state index contributed by atoms with van der Waals surface area (Å²) >= 11 is 0. The fourth-order valence-corrected chi connectivity index (χ4v) is 6.46. The van der Waals surface area contributed by atoms with Crippen LogP contribution in [0, 0.1) is 45.4 Å². The summed E-state index contributed by atoms with van der Waals surface area (Å²) in [6.45, 7) is 6.73. The van der Waals surface area contributed by atoms with Gasteiger partial charge in [0.15, 0.2) is 0 Å². The number of pyridine rings is 3. The van der Waals surface area contributed by atoms with Gasteiger partial charge in [-0.15, -0.1) is 41.5 Å². The summed E-state index contributed by atoms with van der Waals surface area (Å²) in [6.07, 6.45) is -16.7. The van der Waals surface area contributed by atoms with Crippen molar-refractivity contribution in [2.24, 2.45) is 0 Å². The molecule has 23 heteroatoms. The van der Waals surface area contributed by atoms with Crippen LogP contribution in [0.15, 0.2) is 79.1 Å². The van der Waals surface area contributed by atoms with Gasteiger partial charge in [0, 0.05) is 81.6 Å². The molecule has 3 aromatic heterocycles. The summed E-state index contributed by atoms with van der Waals surface area (Å²) in [4.78, 5) is 18.4. The second-order valence-electron chi connectivity index (χ2n) is 14.7. The maximum atomic E-state index is 13.2. The number of hydrogen-bond acceptors (Lipinski definition) is 10. The predicted molar refractivity (Wildman–Crippen MR) is 217 cm³/mol.